The molecule has 0 amide bonds. The van der Waals surface area contributed by atoms with Crippen LogP contribution in [-0.4, -0.2) is 75.6 Å². The Morgan fingerprint density at radius 2 is 1.82 bits per heavy atom. The van der Waals surface area contributed by atoms with Crippen LogP contribution in [-0.2, 0) is 25.4 Å². The smallest absolute Gasteiger partial charge is 0.343 e. The molecule has 2 aliphatic heterocycles. The van der Waals surface area contributed by atoms with Crippen LogP contribution in [0.2, 0.25) is 0 Å². The average Bonchev–Trinajstić information content (AvgIpc) is 2.97. The lowest BCUT2D eigenvalue weighted by molar-refractivity contribution is -0.256. The molecular weight excluding hydrogens is 580 g/mol. The van der Waals surface area contributed by atoms with Gasteiger partial charge in [0.05, 0.1) is 30.3 Å². The number of benzene rings is 1. The Morgan fingerprint density at radius 1 is 1.11 bits per heavy atom. The number of aliphatic hydroxyl groups is 2. The third kappa shape index (κ3) is 5.77. The van der Waals surface area contributed by atoms with Crippen LogP contribution < -0.4 is 4.74 Å². The number of methoxy groups -OCH3 is 1. The van der Waals surface area contributed by atoms with Crippen molar-refractivity contribution in [3.63, 3.8) is 0 Å². The van der Waals surface area contributed by atoms with Crippen LogP contribution in [0.15, 0.2) is 17.7 Å². The summed E-state index contributed by atoms with van der Waals surface area (Å²) in [4.78, 5) is 24.4. The zero-order valence-corrected chi connectivity index (χ0v) is 27.4. The highest BCUT2D eigenvalue weighted by Gasteiger charge is 2.67. The van der Waals surface area contributed by atoms with Gasteiger partial charge in [0.15, 0.2) is 0 Å². The van der Waals surface area contributed by atoms with E-state index in [9.17, 15) is 30.0 Å². The maximum Gasteiger partial charge on any atom is 0.343 e. The predicted octanol–water partition coefficient (Wildman–Crippen LogP) is 5.25. The van der Waals surface area contributed by atoms with Crippen molar-refractivity contribution < 1.29 is 49.0 Å². The van der Waals surface area contributed by atoms with Crippen molar-refractivity contribution in [3.05, 3.63) is 34.4 Å². The predicted molar refractivity (Wildman–Crippen MR) is 165 cm³/mol. The normalized spacial score (nSPS) is 35.9. The quantitative estimate of drug-likeness (QED) is 0.153. The van der Waals surface area contributed by atoms with Crippen LogP contribution in [0, 0.1) is 17.3 Å². The van der Waals surface area contributed by atoms with Gasteiger partial charge in [-0.3, -0.25) is 4.79 Å². The van der Waals surface area contributed by atoms with Crippen molar-refractivity contribution >= 4 is 11.9 Å². The highest BCUT2D eigenvalue weighted by molar-refractivity contribution is 5.95. The van der Waals surface area contributed by atoms with Crippen molar-refractivity contribution in [2.24, 2.45) is 17.3 Å². The Hall–Kier alpha value is -2.66. The molecule has 45 heavy (non-hydrogen) atoms. The summed E-state index contributed by atoms with van der Waals surface area (Å²) in [7, 11) is 1.57. The molecule has 2 aliphatic carbocycles. The number of hydrogen-bond donors (Lipinski definition) is 4. The molecule has 10 nitrogen and oxygen atoms in total. The fourth-order valence-electron chi connectivity index (χ4n) is 8.59. The Kier molecular flexibility index (Phi) is 9.37. The summed E-state index contributed by atoms with van der Waals surface area (Å²) in [5.74, 6) is -3.25. The van der Waals surface area contributed by atoms with Gasteiger partial charge in [0.2, 0.25) is 0 Å². The number of carboxylic acids is 1. The van der Waals surface area contributed by atoms with E-state index in [1.54, 1.807) is 14.0 Å². The van der Waals surface area contributed by atoms with Gasteiger partial charge in [-0.25, -0.2) is 4.79 Å². The minimum absolute atomic E-state index is 0.0319. The molecule has 4 aliphatic rings. The molecule has 1 aromatic rings. The Balaban J connectivity index is 1.66. The number of carboxylic acid groups (broad SMARTS) is 1. The molecule has 2 heterocycles. The third-order valence-electron chi connectivity index (χ3n) is 11.0. The second kappa shape index (κ2) is 12.5. The van der Waals surface area contributed by atoms with Gasteiger partial charge in [-0.15, -0.1) is 0 Å². The lowest BCUT2D eigenvalue weighted by Crippen LogP contribution is -2.69. The number of fused-ring (bicyclic) bond motifs is 3. The minimum atomic E-state index is -1.59. The standard InChI is InChI=1S/C35H50O10/c1-7-8-9-10-11-12-22-13-20-14-24(37)28(32(39)40)30-27(20)31(44-22)29-25(42-6)15-21(18-43-19(2)36)23-16-33(3,4)35(23,41)26(38)17-34(29,5)45-30/h14-15,22-23,25-26,29,31,37-38,41H,7-13,16-18H2,1-6H3,(H,39,40)/b21-15-/t22-,23-,25+,26+,29-,31+,34+,35-/m1/s1. The maximum atomic E-state index is 12.5. The van der Waals surface area contributed by atoms with Crippen molar-refractivity contribution in [2.45, 2.75) is 128 Å². The molecule has 1 saturated carbocycles. The molecule has 0 spiro atoms. The number of carbonyl (C=O) groups excluding carboxylic acids is 1. The molecule has 4 N–H and O–H groups in total. The average molecular weight is 631 g/mol. The summed E-state index contributed by atoms with van der Waals surface area (Å²) in [6.45, 7) is 9.00. The van der Waals surface area contributed by atoms with Crippen molar-refractivity contribution in [3.8, 4) is 11.5 Å². The zero-order chi connectivity index (χ0) is 32.9. The van der Waals surface area contributed by atoms with Gasteiger partial charge in [-0.1, -0.05) is 59.0 Å². The molecule has 250 valence electrons. The van der Waals surface area contributed by atoms with Crippen molar-refractivity contribution in [1.82, 2.24) is 0 Å². The Bertz CT molecular complexity index is 1340. The number of unbranched alkanes of at least 4 members (excludes halogenated alkanes) is 4. The molecule has 0 unspecified atom stereocenters. The van der Waals surface area contributed by atoms with E-state index >= 15 is 0 Å². The molecule has 0 bridgehead atoms. The van der Waals surface area contributed by atoms with Gasteiger partial charge in [0, 0.05) is 31.9 Å². The van der Waals surface area contributed by atoms with Crippen LogP contribution in [0.5, 0.6) is 11.5 Å². The number of aromatic hydroxyl groups is 1. The van der Waals surface area contributed by atoms with Crippen LogP contribution in [0.25, 0.3) is 0 Å². The SMILES string of the molecule is CCCCCCC[C@@H]1Cc2cc(O)c(C(=O)O)c3c2[C@H](O1)[C@H]1[C@@H](OC)/C=C(/COC(C)=O)[C@H]2CC(C)(C)[C@]2(O)[C@@H](O)C[C@]1(C)O3. The zero-order valence-electron chi connectivity index (χ0n) is 27.4. The second-order valence-corrected chi connectivity index (χ2v) is 14.4. The van der Waals surface area contributed by atoms with E-state index < -0.39 is 58.7 Å². The van der Waals surface area contributed by atoms with Gasteiger partial charge < -0.3 is 39.4 Å². The number of carbonyl (C=O) groups is 2. The molecule has 1 fully saturated rings. The Morgan fingerprint density at radius 3 is 2.44 bits per heavy atom. The number of phenols is 1. The van der Waals surface area contributed by atoms with E-state index in [4.69, 9.17) is 18.9 Å². The number of aromatic carboxylic acids is 1. The number of rotatable bonds is 10. The van der Waals surface area contributed by atoms with Crippen LogP contribution in [0.3, 0.4) is 0 Å². The third-order valence-corrected chi connectivity index (χ3v) is 11.0. The van der Waals surface area contributed by atoms with Crippen molar-refractivity contribution in [2.75, 3.05) is 13.7 Å². The summed E-state index contributed by atoms with van der Waals surface area (Å²) in [6, 6.07) is 1.52. The molecule has 5 rings (SSSR count). The van der Waals surface area contributed by atoms with E-state index in [-0.39, 0.29) is 36.2 Å². The largest absolute Gasteiger partial charge is 0.507 e. The van der Waals surface area contributed by atoms with Gasteiger partial charge in [-0.05, 0) is 48.8 Å². The number of esters is 1. The monoisotopic (exact) mass is 630 g/mol. The van der Waals surface area contributed by atoms with E-state index in [1.165, 1.54) is 19.4 Å². The van der Waals surface area contributed by atoms with Crippen LogP contribution in [0.4, 0.5) is 0 Å². The first-order valence-corrected chi connectivity index (χ1v) is 16.4. The molecule has 0 radical (unpaired) electrons. The lowest BCUT2D eigenvalue weighted by atomic mass is 9.47. The summed E-state index contributed by atoms with van der Waals surface area (Å²) in [5.41, 5.74) is -1.93. The highest BCUT2D eigenvalue weighted by Crippen LogP contribution is 2.62. The number of ether oxygens (including phenoxy) is 4. The van der Waals surface area contributed by atoms with Gasteiger partial charge >= 0.3 is 11.9 Å². The number of aliphatic hydroxyl groups excluding tert-OH is 1. The van der Waals surface area contributed by atoms with Crippen molar-refractivity contribution in [1.29, 1.82) is 0 Å². The molecular formula is C35H50O10. The summed E-state index contributed by atoms with van der Waals surface area (Å²) in [6.07, 6.45) is 6.33. The fourth-order valence-corrected chi connectivity index (χ4v) is 8.59. The molecule has 1 aromatic carbocycles. The fraction of sp³-hybridized carbons (Fsp3) is 0.714. The second-order valence-electron chi connectivity index (χ2n) is 14.4. The lowest BCUT2D eigenvalue weighted by Gasteiger charge is -2.62. The molecule has 0 aromatic heterocycles. The molecule has 10 heteroatoms. The summed E-state index contributed by atoms with van der Waals surface area (Å²) in [5, 5.41) is 45.3. The van der Waals surface area contributed by atoms with Gasteiger partial charge in [0.1, 0.15) is 34.9 Å². The van der Waals surface area contributed by atoms with Gasteiger partial charge in [-0.2, -0.15) is 0 Å². The van der Waals surface area contributed by atoms with Crippen LogP contribution in [0.1, 0.15) is 114 Å². The first-order chi connectivity index (χ1) is 21.2. The van der Waals surface area contributed by atoms with E-state index in [1.807, 2.05) is 19.9 Å². The van der Waals surface area contributed by atoms with E-state index in [2.05, 4.69) is 6.92 Å². The Labute approximate surface area is 265 Å². The van der Waals surface area contributed by atoms with Crippen LogP contribution >= 0.6 is 0 Å². The maximum absolute atomic E-state index is 12.5. The first kappa shape index (κ1) is 33.7. The molecule has 0 saturated heterocycles. The van der Waals surface area contributed by atoms with E-state index in [0.717, 1.165) is 37.7 Å². The summed E-state index contributed by atoms with van der Waals surface area (Å²) >= 11 is 0. The van der Waals surface area contributed by atoms with Gasteiger partial charge in [0.25, 0.3) is 0 Å². The highest BCUT2D eigenvalue weighted by atomic mass is 16.5. The minimum Gasteiger partial charge on any atom is -0.507 e. The first-order valence-electron chi connectivity index (χ1n) is 16.4. The number of hydrogen-bond acceptors (Lipinski definition) is 9. The van der Waals surface area contributed by atoms with E-state index in [0.29, 0.717) is 24.0 Å². The summed E-state index contributed by atoms with van der Waals surface area (Å²) < 4.78 is 25.2. The topological polar surface area (TPSA) is 152 Å². The molecule has 8 atom stereocenters.